The Kier molecular flexibility index (Phi) is 5.31. The SMILES string of the molecule is Cc1ccc([S+](c2ccccc2)c2ccc(OC3CCCC3)cc2)cc1. The summed E-state index contributed by atoms with van der Waals surface area (Å²) in [7, 11) is -0.0906. The molecule has 26 heavy (non-hydrogen) atoms. The molecule has 2 heteroatoms. The molecule has 0 spiro atoms. The molecule has 0 radical (unpaired) electrons. The molecule has 0 bridgehead atoms. The van der Waals surface area contributed by atoms with Gasteiger partial charge in [-0.1, -0.05) is 35.9 Å². The zero-order valence-corrected chi connectivity index (χ0v) is 16.0. The fourth-order valence-corrected chi connectivity index (χ4v) is 5.55. The molecule has 3 aromatic rings. The first kappa shape index (κ1) is 17.2. The van der Waals surface area contributed by atoms with Gasteiger partial charge in [0.15, 0.2) is 14.7 Å². The summed E-state index contributed by atoms with van der Waals surface area (Å²) in [5.41, 5.74) is 1.30. The van der Waals surface area contributed by atoms with E-state index in [9.17, 15) is 0 Å². The van der Waals surface area contributed by atoms with E-state index in [1.165, 1.54) is 45.9 Å². The molecule has 3 aromatic carbocycles. The van der Waals surface area contributed by atoms with Crippen LogP contribution in [-0.4, -0.2) is 6.10 Å². The van der Waals surface area contributed by atoms with Gasteiger partial charge in [0.05, 0.1) is 17.0 Å². The van der Waals surface area contributed by atoms with Crippen LogP contribution in [0.5, 0.6) is 5.75 Å². The zero-order valence-electron chi connectivity index (χ0n) is 15.2. The van der Waals surface area contributed by atoms with Crippen LogP contribution in [0.15, 0.2) is 93.5 Å². The van der Waals surface area contributed by atoms with Gasteiger partial charge in [0.1, 0.15) is 5.75 Å². The lowest BCUT2D eigenvalue weighted by molar-refractivity contribution is 0.210. The van der Waals surface area contributed by atoms with Crippen molar-refractivity contribution in [1.29, 1.82) is 0 Å². The average Bonchev–Trinajstić information content (AvgIpc) is 3.19. The Morgan fingerprint density at radius 2 is 1.23 bits per heavy atom. The highest BCUT2D eigenvalue weighted by atomic mass is 32.2. The van der Waals surface area contributed by atoms with E-state index >= 15 is 0 Å². The van der Waals surface area contributed by atoms with Gasteiger partial charge in [-0.05, 0) is 81.1 Å². The van der Waals surface area contributed by atoms with E-state index in [0.717, 1.165) is 5.75 Å². The van der Waals surface area contributed by atoms with Crippen LogP contribution >= 0.6 is 0 Å². The van der Waals surface area contributed by atoms with E-state index < -0.39 is 0 Å². The minimum absolute atomic E-state index is 0.0906. The number of aryl methyl sites for hydroxylation is 1. The first-order valence-electron chi connectivity index (χ1n) is 9.42. The van der Waals surface area contributed by atoms with Crippen LogP contribution in [-0.2, 0) is 10.9 Å². The van der Waals surface area contributed by atoms with Crippen molar-refractivity contribution in [2.75, 3.05) is 0 Å². The summed E-state index contributed by atoms with van der Waals surface area (Å²) in [5, 5.41) is 0. The summed E-state index contributed by atoms with van der Waals surface area (Å²) < 4.78 is 6.14. The fraction of sp³-hybridized carbons (Fsp3) is 0.250. The Morgan fingerprint density at radius 1 is 0.692 bits per heavy atom. The maximum atomic E-state index is 6.14. The summed E-state index contributed by atoms with van der Waals surface area (Å²) in [6.07, 6.45) is 5.39. The first-order valence-corrected chi connectivity index (χ1v) is 10.6. The van der Waals surface area contributed by atoms with E-state index in [1.54, 1.807) is 0 Å². The molecule has 0 saturated heterocycles. The number of hydrogen-bond acceptors (Lipinski definition) is 1. The van der Waals surface area contributed by atoms with Gasteiger partial charge in [-0.25, -0.2) is 0 Å². The van der Waals surface area contributed by atoms with Gasteiger partial charge < -0.3 is 4.74 Å². The van der Waals surface area contributed by atoms with Crippen molar-refractivity contribution >= 4 is 10.9 Å². The monoisotopic (exact) mass is 361 g/mol. The largest absolute Gasteiger partial charge is 0.490 e. The molecule has 0 N–H and O–H groups in total. The molecule has 132 valence electrons. The smallest absolute Gasteiger partial charge is 0.166 e. The molecule has 1 saturated carbocycles. The van der Waals surface area contributed by atoms with Crippen LogP contribution in [0.3, 0.4) is 0 Å². The predicted molar refractivity (Wildman–Crippen MR) is 109 cm³/mol. The highest BCUT2D eigenvalue weighted by Crippen LogP contribution is 2.33. The van der Waals surface area contributed by atoms with Crippen molar-refractivity contribution in [3.63, 3.8) is 0 Å². The molecule has 1 aliphatic carbocycles. The maximum absolute atomic E-state index is 6.14. The first-order chi connectivity index (χ1) is 12.8. The third-order valence-corrected chi connectivity index (χ3v) is 7.13. The number of ether oxygens (including phenoxy) is 1. The lowest BCUT2D eigenvalue weighted by Crippen LogP contribution is -2.11. The van der Waals surface area contributed by atoms with Gasteiger partial charge >= 0.3 is 0 Å². The third-order valence-electron chi connectivity index (χ3n) is 4.90. The Balaban J connectivity index is 1.64. The lowest BCUT2D eigenvalue weighted by Gasteiger charge is -2.13. The van der Waals surface area contributed by atoms with Crippen LogP contribution in [0.4, 0.5) is 0 Å². The molecule has 0 aromatic heterocycles. The lowest BCUT2D eigenvalue weighted by atomic mass is 10.2. The quantitative estimate of drug-likeness (QED) is 0.477. The van der Waals surface area contributed by atoms with Gasteiger partial charge in [-0.2, -0.15) is 0 Å². The van der Waals surface area contributed by atoms with Crippen molar-refractivity contribution < 1.29 is 4.74 Å². The molecule has 1 nitrogen and oxygen atoms in total. The van der Waals surface area contributed by atoms with Crippen molar-refractivity contribution in [1.82, 2.24) is 0 Å². The average molecular weight is 362 g/mol. The molecule has 1 atom stereocenters. The second kappa shape index (κ2) is 8.01. The summed E-state index contributed by atoms with van der Waals surface area (Å²) in [6, 6.07) is 28.5. The fourth-order valence-electron chi connectivity index (χ4n) is 3.49. The van der Waals surface area contributed by atoms with Crippen LogP contribution in [0, 0.1) is 6.92 Å². The van der Waals surface area contributed by atoms with Crippen LogP contribution in [0.1, 0.15) is 31.2 Å². The standard InChI is InChI=1S/C24H25OS/c1-19-11-15-23(16-12-19)26(22-9-3-2-4-10-22)24-17-13-21(14-18-24)25-20-7-5-6-8-20/h2-4,9-18,20H,5-8H2,1H3/q+1. The Hall–Kier alpha value is -2.19. The number of benzene rings is 3. The highest BCUT2D eigenvalue weighted by Gasteiger charge is 2.28. The normalized spacial score (nSPS) is 15.7. The molecule has 4 rings (SSSR count). The second-order valence-corrected chi connectivity index (χ2v) is 8.95. The van der Waals surface area contributed by atoms with Gasteiger partial charge in [-0.15, -0.1) is 0 Å². The van der Waals surface area contributed by atoms with Crippen LogP contribution < -0.4 is 4.74 Å². The molecule has 1 unspecified atom stereocenters. The van der Waals surface area contributed by atoms with Gasteiger partial charge in [0.2, 0.25) is 0 Å². The molecule has 1 fully saturated rings. The summed E-state index contributed by atoms with van der Waals surface area (Å²) in [6.45, 7) is 2.14. The van der Waals surface area contributed by atoms with E-state index in [-0.39, 0.29) is 10.9 Å². The predicted octanol–water partition coefficient (Wildman–Crippen LogP) is 6.41. The maximum Gasteiger partial charge on any atom is 0.166 e. The zero-order chi connectivity index (χ0) is 17.8. The molecule has 1 aliphatic rings. The second-order valence-electron chi connectivity index (χ2n) is 6.93. The van der Waals surface area contributed by atoms with E-state index in [2.05, 4.69) is 85.8 Å². The van der Waals surface area contributed by atoms with Crippen LogP contribution in [0.25, 0.3) is 0 Å². The molecule has 0 amide bonds. The van der Waals surface area contributed by atoms with Gasteiger partial charge in [0.25, 0.3) is 0 Å². The Labute approximate surface area is 159 Å². The number of rotatable bonds is 5. The summed E-state index contributed by atoms with van der Waals surface area (Å²) in [4.78, 5) is 4.03. The van der Waals surface area contributed by atoms with E-state index in [0.29, 0.717) is 6.10 Å². The third kappa shape index (κ3) is 3.96. The number of hydrogen-bond donors (Lipinski definition) is 0. The minimum Gasteiger partial charge on any atom is -0.490 e. The highest BCUT2D eigenvalue weighted by molar-refractivity contribution is 7.97. The van der Waals surface area contributed by atoms with Crippen molar-refractivity contribution in [2.24, 2.45) is 0 Å². The molecule has 0 heterocycles. The molecule has 0 aliphatic heterocycles. The summed E-state index contributed by atoms with van der Waals surface area (Å²) >= 11 is 0. The van der Waals surface area contributed by atoms with E-state index in [1.807, 2.05) is 0 Å². The summed E-state index contributed by atoms with van der Waals surface area (Å²) in [5.74, 6) is 1.00. The van der Waals surface area contributed by atoms with Gasteiger partial charge in [0, 0.05) is 0 Å². The topological polar surface area (TPSA) is 9.23 Å². The van der Waals surface area contributed by atoms with Gasteiger partial charge in [-0.3, -0.25) is 0 Å². The molecular formula is C24H25OS+. The van der Waals surface area contributed by atoms with Crippen molar-refractivity contribution in [3.8, 4) is 5.75 Å². The van der Waals surface area contributed by atoms with Crippen LogP contribution in [0.2, 0.25) is 0 Å². The van der Waals surface area contributed by atoms with E-state index in [4.69, 9.17) is 4.74 Å². The van der Waals surface area contributed by atoms with Crippen molar-refractivity contribution in [2.45, 2.75) is 53.4 Å². The van der Waals surface area contributed by atoms with Crippen molar-refractivity contribution in [3.05, 3.63) is 84.4 Å². The Morgan fingerprint density at radius 3 is 1.85 bits per heavy atom. The minimum atomic E-state index is -0.0906. The Bertz CT molecular complexity index is 818. The molecular weight excluding hydrogens is 336 g/mol.